The number of ether oxygens (including phenoxy) is 2. The zero-order chi connectivity index (χ0) is 29.6. The number of thiocarbonyl (C=S) groups is 1. The average molecular weight is 607 g/mol. The van der Waals surface area contributed by atoms with Crippen LogP contribution in [0.15, 0.2) is 37.3 Å². The number of nitrogens with one attached hydrogen (secondary N) is 2. The zero-order valence-corrected chi connectivity index (χ0v) is 25.3. The molecule has 3 aliphatic heterocycles. The highest BCUT2D eigenvalue weighted by atomic mass is 32.2. The van der Waals surface area contributed by atoms with E-state index in [4.69, 9.17) is 32.2 Å². The molecule has 0 aromatic carbocycles. The molecule has 3 heterocycles. The molecule has 12 nitrogen and oxygen atoms in total. The summed E-state index contributed by atoms with van der Waals surface area (Å²) < 4.78 is 59.5. The summed E-state index contributed by atoms with van der Waals surface area (Å²) in [5.41, 5.74) is 2.88. The quantitative estimate of drug-likeness (QED) is 0.118. The normalized spacial score (nSPS) is 28.1. The molecule has 2 fully saturated rings. The van der Waals surface area contributed by atoms with E-state index in [1.807, 2.05) is 27.7 Å². The fourth-order valence-electron chi connectivity index (χ4n) is 4.35. The Balaban J connectivity index is 1.94. The topological polar surface area (TPSA) is 122 Å². The molecule has 0 aliphatic carbocycles. The number of carbonyl (C=O) groups excluding carboxylic acids is 1. The summed E-state index contributed by atoms with van der Waals surface area (Å²) in [6.07, 6.45) is 1.23. The molecule has 0 aromatic heterocycles. The zero-order valence-electron chi connectivity index (χ0n) is 23.8. The van der Waals surface area contributed by atoms with Gasteiger partial charge in [-0.1, -0.05) is 12.7 Å². The molecule has 220 valence electrons. The van der Waals surface area contributed by atoms with Crippen molar-refractivity contribution in [2.75, 3.05) is 31.1 Å². The van der Waals surface area contributed by atoms with E-state index in [2.05, 4.69) is 28.6 Å². The first-order valence-corrected chi connectivity index (χ1v) is 16.1. The second-order valence-electron chi connectivity index (χ2n) is 9.82. The average Bonchev–Trinajstić information content (AvgIpc) is 3.20. The van der Waals surface area contributed by atoms with Crippen molar-refractivity contribution in [2.45, 2.75) is 71.2 Å². The lowest BCUT2D eigenvalue weighted by atomic mass is 10.1. The van der Waals surface area contributed by atoms with Gasteiger partial charge in [-0.25, -0.2) is 17.7 Å². The number of sulfone groups is 1. The lowest BCUT2D eigenvalue weighted by Crippen LogP contribution is -2.51. The largest absolute Gasteiger partial charge is 0.460 e. The maximum atomic E-state index is 12.0. The van der Waals surface area contributed by atoms with Gasteiger partial charge < -0.3 is 29.1 Å². The Kier molecular flexibility index (Phi) is 10.7. The summed E-state index contributed by atoms with van der Waals surface area (Å²) in [6.45, 7) is 16.4. The number of hydroxylamine groups is 1. The van der Waals surface area contributed by atoms with Gasteiger partial charge in [0.25, 0.3) is 19.6 Å². The summed E-state index contributed by atoms with van der Waals surface area (Å²) in [6, 6.07) is 0.111. The van der Waals surface area contributed by atoms with Crippen molar-refractivity contribution in [3.05, 3.63) is 37.3 Å². The summed E-state index contributed by atoms with van der Waals surface area (Å²) in [7, 11) is -4.85. The maximum Gasteiger partial charge on any atom is 0.277 e. The Hall–Kier alpha value is -1.64. The van der Waals surface area contributed by atoms with Crippen LogP contribution < -0.4 is 10.8 Å². The third-order valence-corrected chi connectivity index (χ3v) is 10.2. The van der Waals surface area contributed by atoms with E-state index in [9.17, 15) is 13.2 Å². The maximum absolute atomic E-state index is 12.0. The predicted octanol–water partition coefficient (Wildman–Crippen LogP) is 1.99. The number of rotatable bonds is 11. The molecule has 0 aromatic rings. The van der Waals surface area contributed by atoms with Crippen LogP contribution in [0.3, 0.4) is 0 Å². The smallest absolute Gasteiger partial charge is 0.277 e. The van der Waals surface area contributed by atoms with E-state index in [-0.39, 0.29) is 60.5 Å². The molecule has 39 heavy (non-hydrogen) atoms. The Morgan fingerprint density at radius 2 is 2.03 bits per heavy atom. The number of carbonyl (C=O) groups is 1. The first-order valence-electron chi connectivity index (χ1n) is 13.4. The van der Waals surface area contributed by atoms with Crippen molar-refractivity contribution in [1.29, 1.82) is 0 Å². The van der Waals surface area contributed by atoms with E-state index >= 15 is 0 Å². The predicted molar refractivity (Wildman–Crippen MR) is 153 cm³/mol. The van der Waals surface area contributed by atoms with Crippen LogP contribution in [0.25, 0.3) is 0 Å². The molecule has 2 N–H and O–H groups in total. The number of nitrogens with zero attached hydrogens (tertiary/aromatic N) is 3. The highest BCUT2D eigenvalue weighted by molar-refractivity contribution is 7.91. The van der Waals surface area contributed by atoms with Crippen LogP contribution in [0.2, 0.25) is 0 Å². The lowest BCUT2D eigenvalue weighted by molar-refractivity contribution is -0.118. The standard InChI is InChI=1S/C24H40N5O7PS2/c1-8-10-25-36-37(29(16(2)3)17(4)5)35-21-18(6)33-23(28-11-9-20(30)26-19(28)7)22(21)34-24(38)27-12-14-39(31,32)15-13-27/h8-9,11,16-18,21-23,25H,1,7,10,12-15H2,2-6H3,(H,26,30)/t18-,21+,22?,23-,37?/m1/s1/i6D. The van der Waals surface area contributed by atoms with Gasteiger partial charge in [-0.2, -0.15) is 5.48 Å². The minimum Gasteiger partial charge on any atom is -0.460 e. The first-order chi connectivity index (χ1) is 18.9. The van der Waals surface area contributed by atoms with Gasteiger partial charge in [0.15, 0.2) is 22.2 Å². The van der Waals surface area contributed by atoms with E-state index in [0.717, 1.165) is 0 Å². The van der Waals surface area contributed by atoms with Crippen LogP contribution in [0.1, 0.15) is 36.0 Å². The molecule has 2 unspecified atom stereocenters. The van der Waals surface area contributed by atoms with Gasteiger partial charge in [0, 0.05) is 45.4 Å². The van der Waals surface area contributed by atoms with Gasteiger partial charge in [0.2, 0.25) is 0 Å². The van der Waals surface area contributed by atoms with Crippen LogP contribution in [0.4, 0.5) is 0 Å². The van der Waals surface area contributed by atoms with Crippen molar-refractivity contribution in [2.24, 2.45) is 0 Å². The number of amides is 1. The highest BCUT2D eigenvalue weighted by Crippen LogP contribution is 2.49. The van der Waals surface area contributed by atoms with E-state index < -0.39 is 42.9 Å². The molecule has 5 atom stereocenters. The molecular formula is C24H40N5O7PS2. The first kappa shape index (κ1) is 30.3. The Morgan fingerprint density at radius 1 is 1.36 bits per heavy atom. The van der Waals surface area contributed by atoms with Gasteiger partial charge in [0.1, 0.15) is 11.9 Å². The number of hydrogen-bond acceptors (Lipinski definition) is 11. The Bertz CT molecular complexity index is 1060. The minimum atomic E-state index is -3.13. The van der Waals surface area contributed by atoms with Crippen LogP contribution in [0.5, 0.6) is 0 Å². The van der Waals surface area contributed by atoms with Crippen molar-refractivity contribution < 1.29 is 33.2 Å². The molecule has 3 aliphatic rings. The second kappa shape index (κ2) is 13.8. The highest BCUT2D eigenvalue weighted by Gasteiger charge is 2.51. The van der Waals surface area contributed by atoms with Gasteiger partial charge in [-0.15, -0.1) is 6.58 Å². The Morgan fingerprint density at radius 3 is 2.59 bits per heavy atom. The van der Waals surface area contributed by atoms with Crippen LogP contribution in [-0.2, 0) is 33.3 Å². The monoisotopic (exact) mass is 606 g/mol. The Labute approximate surface area is 239 Å². The fourth-order valence-corrected chi connectivity index (χ4v) is 7.49. The van der Waals surface area contributed by atoms with E-state index in [1.165, 1.54) is 12.3 Å². The molecule has 1 amide bonds. The SMILES string of the molecule is [2H]C[C@H]1O[C@@H](N2C=CC(=O)NC2=C)C(OC(=S)N2CCS(=O)(=O)CC2)[C@H]1OP(ONCC=C)N(C(C)C)C(C)C. The fraction of sp³-hybridized carbons (Fsp3) is 0.667. The lowest BCUT2D eigenvalue weighted by Gasteiger charge is -2.39. The van der Waals surface area contributed by atoms with Crippen molar-refractivity contribution in [3.8, 4) is 0 Å². The van der Waals surface area contributed by atoms with E-state index in [1.54, 1.807) is 15.9 Å². The summed E-state index contributed by atoms with van der Waals surface area (Å²) in [4.78, 5) is 15.2. The van der Waals surface area contributed by atoms with Crippen molar-refractivity contribution >= 4 is 41.7 Å². The van der Waals surface area contributed by atoms with Gasteiger partial charge in [-0.3, -0.25) is 4.79 Å². The molecule has 2 saturated heterocycles. The summed E-state index contributed by atoms with van der Waals surface area (Å²) >= 11 is 5.61. The number of hydrogen-bond donors (Lipinski definition) is 2. The van der Waals surface area contributed by atoms with Crippen LogP contribution >= 0.6 is 20.7 Å². The molecule has 0 bridgehead atoms. The minimum absolute atomic E-state index is 0.0279. The second-order valence-corrected chi connectivity index (χ2v) is 13.8. The molecule has 0 radical (unpaired) electrons. The van der Waals surface area contributed by atoms with Crippen LogP contribution in [0, 0.1) is 0 Å². The van der Waals surface area contributed by atoms with Crippen molar-refractivity contribution in [1.82, 2.24) is 25.3 Å². The van der Waals surface area contributed by atoms with Gasteiger partial charge in [-0.05, 0) is 46.8 Å². The van der Waals surface area contributed by atoms with Crippen LogP contribution in [-0.4, -0.2) is 102 Å². The molecular weight excluding hydrogens is 565 g/mol. The van der Waals surface area contributed by atoms with Gasteiger partial charge in [0.05, 0.1) is 17.6 Å². The van der Waals surface area contributed by atoms with Crippen molar-refractivity contribution in [3.63, 3.8) is 0 Å². The molecule has 15 heteroatoms. The summed E-state index contributed by atoms with van der Waals surface area (Å²) in [5, 5.41) is 2.75. The third-order valence-electron chi connectivity index (χ3n) is 6.19. The molecule has 0 spiro atoms. The summed E-state index contributed by atoms with van der Waals surface area (Å²) in [5.74, 6) is -0.122. The third kappa shape index (κ3) is 8.20. The molecule has 0 saturated carbocycles. The van der Waals surface area contributed by atoms with E-state index in [0.29, 0.717) is 6.54 Å². The van der Waals surface area contributed by atoms with Gasteiger partial charge >= 0.3 is 0 Å². The molecule has 3 rings (SSSR count).